The summed E-state index contributed by atoms with van der Waals surface area (Å²) in [5.41, 5.74) is 0.975. The summed E-state index contributed by atoms with van der Waals surface area (Å²) < 4.78 is 26.3. The molecule has 1 fully saturated rings. The van der Waals surface area contributed by atoms with Crippen LogP contribution in [0.3, 0.4) is 0 Å². The normalized spacial score (nSPS) is 15.4. The van der Waals surface area contributed by atoms with E-state index in [4.69, 9.17) is 0 Å². The Labute approximate surface area is 163 Å². The van der Waals surface area contributed by atoms with Gasteiger partial charge in [-0.15, -0.1) is 12.4 Å². The first kappa shape index (κ1) is 22.7. The molecule has 26 heavy (non-hydrogen) atoms. The SMILES string of the molecule is CCCS(=O)(=O)Nc1cccc(C(=O)N2CCC(CNCC)CC2)c1.Cl. The molecule has 0 radical (unpaired) electrons. The number of hydrogen-bond donors (Lipinski definition) is 2. The van der Waals surface area contributed by atoms with E-state index in [0.717, 1.165) is 39.0 Å². The maximum atomic E-state index is 12.7. The molecule has 0 saturated carbocycles. The number of rotatable bonds is 8. The lowest BCUT2D eigenvalue weighted by Gasteiger charge is -2.32. The zero-order chi connectivity index (χ0) is 18.3. The summed E-state index contributed by atoms with van der Waals surface area (Å²) in [5, 5.41) is 3.36. The molecule has 0 atom stereocenters. The van der Waals surface area contributed by atoms with E-state index >= 15 is 0 Å². The number of piperidine rings is 1. The second-order valence-corrected chi connectivity index (χ2v) is 8.39. The Morgan fingerprint density at radius 2 is 1.92 bits per heavy atom. The Morgan fingerprint density at radius 1 is 1.23 bits per heavy atom. The summed E-state index contributed by atoms with van der Waals surface area (Å²) in [6.07, 6.45) is 2.55. The molecule has 0 unspecified atom stereocenters. The summed E-state index contributed by atoms with van der Waals surface area (Å²) in [4.78, 5) is 14.6. The van der Waals surface area contributed by atoms with E-state index in [9.17, 15) is 13.2 Å². The van der Waals surface area contributed by atoms with Gasteiger partial charge in [0.05, 0.1) is 5.75 Å². The zero-order valence-electron chi connectivity index (χ0n) is 15.5. The smallest absolute Gasteiger partial charge is 0.253 e. The van der Waals surface area contributed by atoms with Crippen LogP contribution in [0.2, 0.25) is 0 Å². The Morgan fingerprint density at radius 3 is 2.54 bits per heavy atom. The van der Waals surface area contributed by atoms with Crippen molar-refractivity contribution in [2.45, 2.75) is 33.1 Å². The highest BCUT2D eigenvalue weighted by Gasteiger charge is 2.23. The van der Waals surface area contributed by atoms with Crippen LogP contribution < -0.4 is 10.0 Å². The molecule has 1 aliphatic heterocycles. The third-order valence-electron chi connectivity index (χ3n) is 4.44. The quantitative estimate of drug-likeness (QED) is 0.699. The van der Waals surface area contributed by atoms with Gasteiger partial charge in [-0.05, 0) is 56.5 Å². The Balaban J connectivity index is 0.00000338. The molecule has 0 aliphatic carbocycles. The number of benzene rings is 1. The average molecular weight is 404 g/mol. The number of hydrogen-bond acceptors (Lipinski definition) is 4. The highest BCUT2D eigenvalue weighted by atomic mass is 35.5. The molecular weight excluding hydrogens is 374 g/mol. The first-order valence-corrected chi connectivity index (χ1v) is 10.7. The topological polar surface area (TPSA) is 78.5 Å². The van der Waals surface area contributed by atoms with Gasteiger partial charge in [-0.1, -0.05) is 19.9 Å². The summed E-state index contributed by atoms with van der Waals surface area (Å²) in [6, 6.07) is 6.76. The van der Waals surface area contributed by atoms with Crippen molar-refractivity contribution in [1.29, 1.82) is 0 Å². The van der Waals surface area contributed by atoms with E-state index in [0.29, 0.717) is 23.6 Å². The first-order chi connectivity index (χ1) is 11.9. The zero-order valence-corrected chi connectivity index (χ0v) is 17.2. The van der Waals surface area contributed by atoms with E-state index < -0.39 is 10.0 Å². The molecule has 1 heterocycles. The highest BCUT2D eigenvalue weighted by Crippen LogP contribution is 2.20. The van der Waals surface area contributed by atoms with Crippen molar-refractivity contribution in [2.75, 3.05) is 36.7 Å². The Hall–Kier alpha value is -1.31. The van der Waals surface area contributed by atoms with Gasteiger partial charge in [0.15, 0.2) is 0 Å². The van der Waals surface area contributed by atoms with Gasteiger partial charge >= 0.3 is 0 Å². The largest absolute Gasteiger partial charge is 0.339 e. The molecule has 2 N–H and O–H groups in total. The molecule has 6 nitrogen and oxygen atoms in total. The van der Waals surface area contributed by atoms with Gasteiger partial charge in [-0.25, -0.2) is 8.42 Å². The van der Waals surface area contributed by atoms with Crippen LogP contribution in [-0.2, 0) is 10.0 Å². The molecule has 0 spiro atoms. The molecular formula is C18H30ClN3O3S. The molecule has 8 heteroatoms. The second kappa shape index (κ2) is 10.7. The number of likely N-dealkylation sites (tertiary alicyclic amines) is 1. The molecule has 1 amide bonds. The van der Waals surface area contributed by atoms with Gasteiger partial charge in [0.1, 0.15) is 0 Å². The van der Waals surface area contributed by atoms with Gasteiger partial charge in [0.2, 0.25) is 10.0 Å². The number of carbonyl (C=O) groups excluding carboxylic acids is 1. The number of carbonyl (C=O) groups is 1. The van der Waals surface area contributed by atoms with Gasteiger partial charge in [-0.3, -0.25) is 9.52 Å². The van der Waals surface area contributed by atoms with E-state index in [2.05, 4.69) is 17.0 Å². The molecule has 1 aromatic rings. The molecule has 1 aliphatic rings. The van der Waals surface area contributed by atoms with E-state index in [-0.39, 0.29) is 24.1 Å². The third-order valence-corrected chi connectivity index (χ3v) is 5.93. The molecule has 1 aromatic carbocycles. The summed E-state index contributed by atoms with van der Waals surface area (Å²) in [5.74, 6) is 0.666. The molecule has 2 rings (SSSR count). The lowest BCUT2D eigenvalue weighted by Crippen LogP contribution is -2.40. The van der Waals surface area contributed by atoms with Crippen LogP contribution in [-0.4, -0.2) is 51.2 Å². The highest BCUT2D eigenvalue weighted by molar-refractivity contribution is 7.92. The number of nitrogens with zero attached hydrogens (tertiary/aromatic N) is 1. The van der Waals surface area contributed by atoms with Gasteiger partial charge in [0, 0.05) is 24.3 Å². The summed E-state index contributed by atoms with van der Waals surface area (Å²) in [6.45, 7) is 7.40. The third kappa shape index (κ3) is 6.78. The fourth-order valence-corrected chi connectivity index (χ4v) is 4.21. The summed E-state index contributed by atoms with van der Waals surface area (Å²) >= 11 is 0. The Bertz CT molecular complexity index is 674. The molecule has 0 aromatic heterocycles. The lowest BCUT2D eigenvalue weighted by atomic mass is 9.96. The van der Waals surface area contributed by atoms with Crippen molar-refractivity contribution in [2.24, 2.45) is 5.92 Å². The summed E-state index contributed by atoms with van der Waals surface area (Å²) in [7, 11) is -3.35. The number of halogens is 1. The van der Waals surface area contributed by atoms with E-state index in [1.807, 2.05) is 11.8 Å². The minimum absolute atomic E-state index is 0. The monoisotopic (exact) mass is 403 g/mol. The molecule has 1 saturated heterocycles. The molecule has 0 bridgehead atoms. The van der Waals surface area contributed by atoms with Gasteiger partial charge < -0.3 is 10.2 Å². The maximum absolute atomic E-state index is 12.7. The fourth-order valence-electron chi connectivity index (χ4n) is 3.09. The van der Waals surface area contributed by atoms with Crippen LogP contribution >= 0.6 is 12.4 Å². The predicted octanol–water partition coefficient (Wildman–Crippen LogP) is 2.72. The molecule has 148 valence electrons. The van der Waals surface area contributed by atoms with Gasteiger partial charge in [-0.2, -0.15) is 0 Å². The van der Waals surface area contributed by atoms with Crippen molar-refractivity contribution in [3.63, 3.8) is 0 Å². The van der Waals surface area contributed by atoms with Crippen LogP contribution in [0.5, 0.6) is 0 Å². The van der Waals surface area contributed by atoms with Crippen molar-refractivity contribution in [1.82, 2.24) is 10.2 Å². The lowest BCUT2D eigenvalue weighted by molar-refractivity contribution is 0.0690. The second-order valence-electron chi connectivity index (χ2n) is 6.54. The maximum Gasteiger partial charge on any atom is 0.253 e. The number of sulfonamides is 1. The van der Waals surface area contributed by atoms with Crippen LogP contribution in [0.4, 0.5) is 5.69 Å². The van der Waals surface area contributed by atoms with Crippen molar-refractivity contribution in [3.05, 3.63) is 29.8 Å². The predicted molar refractivity (Wildman–Crippen MR) is 109 cm³/mol. The minimum Gasteiger partial charge on any atom is -0.339 e. The van der Waals surface area contributed by atoms with Gasteiger partial charge in [0.25, 0.3) is 5.91 Å². The average Bonchev–Trinajstić information content (AvgIpc) is 2.59. The number of anilines is 1. The van der Waals surface area contributed by atoms with Crippen molar-refractivity contribution in [3.8, 4) is 0 Å². The fraction of sp³-hybridized carbons (Fsp3) is 0.611. The Kier molecular flexibility index (Phi) is 9.39. The number of nitrogens with one attached hydrogen (secondary N) is 2. The first-order valence-electron chi connectivity index (χ1n) is 9.05. The standard InChI is InChI=1S/C18H29N3O3S.ClH/c1-3-12-25(23,24)20-17-7-5-6-16(13-17)18(22)21-10-8-15(9-11-21)14-19-4-2;/h5-7,13,15,19-20H,3-4,8-12,14H2,1-2H3;1H. The van der Waals surface area contributed by atoms with E-state index in [1.54, 1.807) is 24.3 Å². The van der Waals surface area contributed by atoms with Crippen molar-refractivity contribution < 1.29 is 13.2 Å². The minimum atomic E-state index is -3.35. The van der Waals surface area contributed by atoms with Crippen LogP contribution in [0.15, 0.2) is 24.3 Å². The van der Waals surface area contributed by atoms with Crippen molar-refractivity contribution >= 4 is 34.0 Å². The number of amides is 1. The van der Waals surface area contributed by atoms with Crippen LogP contribution in [0.25, 0.3) is 0 Å². The van der Waals surface area contributed by atoms with Crippen LogP contribution in [0.1, 0.15) is 43.5 Å². The van der Waals surface area contributed by atoms with E-state index in [1.165, 1.54) is 0 Å². The van der Waals surface area contributed by atoms with Crippen LogP contribution in [0, 0.1) is 5.92 Å².